The molecule has 0 aliphatic heterocycles. The van der Waals surface area contributed by atoms with Gasteiger partial charge < -0.3 is 10.0 Å². The van der Waals surface area contributed by atoms with Gasteiger partial charge in [0.1, 0.15) is 23.5 Å². The summed E-state index contributed by atoms with van der Waals surface area (Å²) in [5.41, 5.74) is 2.39. The fourth-order valence-corrected chi connectivity index (χ4v) is 2.41. The number of H-pyrrole nitrogens is 1. The molecule has 0 aliphatic carbocycles. The Hall–Kier alpha value is -3.29. The molecule has 8 heteroatoms. The third-order valence-electron chi connectivity index (χ3n) is 3.54. The Balaban J connectivity index is 1.89. The Morgan fingerprint density at radius 2 is 2.04 bits per heavy atom. The molecule has 1 aromatic carbocycles. The normalized spacial score (nSPS) is 10.6. The zero-order valence-corrected chi connectivity index (χ0v) is 12.8. The summed E-state index contributed by atoms with van der Waals surface area (Å²) in [5.74, 6) is -1.10. The van der Waals surface area contributed by atoms with E-state index in [-0.39, 0.29) is 11.4 Å². The number of aromatic amines is 1. The first-order chi connectivity index (χ1) is 11.6. The van der Waals surface area contributed by atoms with Crippen molar-refractivity contribution in [1.82, 2.24) is 20.2 Å². The van der Waals surface area contributed by atoms with Crippen molar-refractivity contribution in [2.45, 2.75) is 6.54 Å². The summed E-state index contributed by atoms with van der Waals surface area (Å²) in [4.78, 5) is 20.8. The van der Waals surface area contributed by atoms with E-state index in [0.29, 0.717) is 12.4 Å². The standard InChI is InChI=1S/C16H14FN5O2/c1-22(15-13(16(23)24)7-18-9-19-15)8-11-6-20-21-14(11)10-2-4-12(17)5-3-10/h2-7,9H,8H2,1H3,(H,20,21)(H,23,24). The highest BCUT2D eigenvalue weighted by Gasteiger charge is 2.17. The highest BCUT2D eigenvalue weighted by molar-refractivity contribution is 5.92. The lowest BCUT2D eigenvalue weighted by molar-refractivity contribution is 0.0696. The summed E-state index contributed by atoms with van der Waals surface area (Å²) in [7, 11) is 1.73. The summed E-state index contributed by atoms with van der Waals surface area (Å²) in [6.07, 6.45) is 4.21. The molecule has 0 fully saturated rings. The highest BCUT2D eigenvalue weighted by Crippen LogP contribution is 2.24. The van der Waals surface area contributed by atoms with Gasteiger partial charge in [-0.15, -0.1) is 0 Å². The van der Waals surface area contributed by atoms with Crippen molar-refractivity contribution in [1.29, 1.82) is 0 Å². The second kappa shape index (κ2) is 6.45. The first kappa shape index (κ1) is 15.6. The van der Waals surface area contributed by atoms with Crippen molar-refractivity contribution >= 4 is 11.8 Å². The number of nitrogens with zero attached hydrogens (tertiary/aromatic N) is 4. The van der Waals surface area contributed by atoms with Crippen LogP contribution >= 0.6 is 0 Å². The van der Waals surface area contributed by atoms with Crippen LogP contribution in [0.2, 0.25) is 0 Å². The lowest BCUT2D eigenvalue weighted by Crippen LogP contribution is -2.21. The van der Waals surface area contributed by atoms with E-state index in [9.17, 15) is 14.3 Å². The molecule has 0 unspecified atom stereocenters. The van der Waals surface area contributed by atoms with Gasteiger partial charge in [-0.2, -0.15) is 5.10 Å². The zero-order valence-electron chi connectivity index (χ0n) is 12.8. The maximum absolute atomic E-state index is 13.1. The second-order valence-electron chi connectivity index (χ2n) is 5.20. The number of hydrogen-bond donors (Lipinski definition) is 2. The van der Waals surface area contributed by atoms with Crippen LogP contribution in [0.5, 0.6) is 0 Å². The molecule has 7 nitrogen and oxygen atoms in total. The molecular weight excluding hydrogens is 313 g/mol. The average Bonchev–Trinajstić information content (AvgIpc) is 3.03. The lowest BCUT2D eigenvalue weighted by atomic mass is 10.1. The van der Waals surface area contributed by atoms with Crippen molar-refractivity contribution in [3.8, 4) is 11.3 Å². The molecule has 3 rings (SSSR count). The summed E-state index contributed by atoms with van der Waals surface area (Å²) in [6, 6.07) is 6.05. The number of nitrogens with one attached hydrogen (secondary N) is 1. The molecule has 0 bridgehead atoms. The van der Waals surface area contributed by atoms with Gasteiger partial charge in [0.25, 0.3) is 0 Å². The Kier molecular flexibility index (Phi) is 4.19. The number of aromatic carboxylic acids is 1. The van der Waals surface area contributed by atoms with E-state index in [1.54, 1.807) is 30.3 Å². The van der Waals surface area contributed by atoms with E-state index in [0.717, 1.165) is 16.8 Å². The number of anilines is 1. The van der Waals surface area contributed by atoms with E-state index in [1.807, 2.05) is 0 Å². The Bertz CT molecular complexity index is 863. The van der Waals surface area contributed by atoms with Crippen molar-refractivity contribution in [2.24, 2.45) is 0 Å². The van der Waals surface area contributed by atoms with Crippen LogP contribution in [0.15, 0.2) is 43.0 Å². The number of halogens is 1. The quantitative estimate of drug-likeness (QED) is 0.747. The van der Waals surface area contributed by atoms with Gasteiger partial charge in [0, 0.05) is 30.9 Å². The predicted octanol–water partition coefficient (Wildman–Crippen LogP) is 2.34. The van der Waals surface area contributed by atoms with Gasteiger partial charge >= 0.3 is 5.97 Å². The van der Waals surface area contributed by atoms with Crippen LogP contribution < -0.4 is 4.90 Å². The smallest absolute Gasteiger partial charge is 0.341 e. The second-order valence-corrected chi connectivity index (χ2v) is 5.20. The van der Waals surface area contributed by atoms with Crippen LogP contribution in [-0.4, -0.2) is 38.3 Å². The van der Waals surface area contributed by atoms with Gasteiger partial charge in [-0.3, -0.25) is 5.10 Å². The number of carboxylic acid groups (broad SMARTS) is 1. The third kappa shape index (κ3) is 3.07. The molecule has 0 saturated heterocycles. The Morgan fingerprint density at radius 1 is 1.29 bits per heavy atom. The summed E-state index contributed by atoms with van der Waals surface area (Å²) >= 11 is 0. The highest BCUT2D eigenvalue weighted by atomic mass is 19.1. The molecule has 3 aromatic rings. The first-order valence-corrected chi connectivity index (χ1v) is 7.09. The molecule has 0 saturated carbocycles. The molecule has 2 aromatic heterocycles. The summed E-state index contributed by atoms with van der Waals surface area (Å²) in [6.45, 7) is 0.375. The van der Waals surface area contributed by atoms with E-state index in [1.165, 1.54) is 24.7 Å². The van der Waals surface area contributed by atoms with Crippen LogP contribution in [0.1, 0.15) is 15.9 Å². The molecule has 2 heterocycles. The third-order valence-corrected chi connectivity index (χ3v) is 3.54. The lowest BCUT2D eigenvalue weighted by Gasteiger charge is -2.19. The summed E-state index contributed by atoms with van der Waals surface area (Å²) < 4.78 is 13.1. The fraction of sp³-hybridized carbons (Fsp3) is 0.125. The fourth-order valence-electron chi connectivity index (χ4n) is 2.41. The minimum Gasteiger partial charge on any atom is -0.477 e. The largest absolute Gasteiger partial charge is 0.477 e. The van der Waals surface area contributed by atoms with Crippen LogP contribution in [0, 0.1) is 5.82 Å². The van der Waals surface area contributed by atoms with Crippen molar-refractivity contribution in [3.05, 3.63) is 59.9 Å². The minimum atomic E-state index is -1.09. The number of aromatic nitrogens is 4. The topological polar surface area (TPSA) is 95.0 Å². The monoisotopic (exact) mass is 327 g/mol. The van der Waals surface area contributed by atoms with E-state index >= 15 is 0 Å². The zero-order chi connectivity index (χ0) is 17.1. The predicted molar refractivity (Wildman–Crippen MR) is 85.1 cm³/mol. The molecule has 0 atom stereocenters. The number of carbonyl (C=O) groups is 1. The van der Waals surface area contributed by atoms with E-state index in [4.69, 9.17) is 0 Å². The van der Waals surface area contributed by atoms with Crippen molar-refractivity contribution in [3.63, 3.8) is 0 Å². The summed E-state index contributed by atoms with van der Waals surface area (Å²) in [5, 5.41) is 16.2. The van der Waals surface area contributed by atoms with Gasteiger partial charge in [-0.25, -0.2) is 19.2 Å². The molecule has 0 spiro atoms. The van der Waals surface area contributed by atoms with Crippen LogP contribution in [0.25, 0.3) is 11.3 Å². The van der Waals surface area contributed by atoms with Crippen molar-refractivity contribution in [2.75, 3.05) is 11.9 Å². The van der Waals surface area contributed by atoms with Gasteiger partial charge in [0.05, 0.1) is 11.9 Å². The van der Waals surface area contributed by atoms with Gasteiger partial charge in [-0.05, 0) is 24.3 Å². The number of hydrogen-bond acceptors (Lipinski definition) is 5. The molecule has 122 valence electrons. The molecule has 2 N–H and O–H groups in total. The minimum absolute atomic E-state index is 0.0202. The Labute approximate surface area is 136 Å². The van der Waals surface area contributed by atoms with Gasteiger partial charge in [0.15, 0.2) is 0 Å². The molecule has 24 heavy (non-hydrogen) atoms. The molecule has 0 radical (unpaired) electrons. The Morgan fingerprint density at radius 3 is 2.75 bits per heavy atom. The van der Waals surface area contributed by atoms with E-state index in [2.05, 4.69) is 20.2 Å². The first-order valence-electron chi connectivity index (χ1n) is 7.09. The van der Waals surface area contributed by atoms with Crippen molar-refractivity contribution < 1.29 is 14.3 Å². The van der Waals surface area contributed by atoms with Crippen LogP contribution in [-0.2, 0) is 6.54 Å². The molecule has 0 aliphatic rings. The SMILES string of the molecule is CN(Cc1cn[nH]c1-c1ccc(F)cc1)c1ncncc1C(=O)O. The van der Waals surface area contributed by atoms with Crippen LogP contribution in [0.3, 0.4) is 0 Å². The maximum Gasteiger partial charge on any atom is 0.341 e. The van der Waals surface area contributed by atoms with Gasteiger partial charge in [-0.1, -0.05) is 0 Å². The van der Waals surface area contributed by atoms with Crippen LogP contribution in [0.4, 0.5) is 10.2 Å². The van der Waals surface area contributed by atoms with E-state index < -0.39 is 5.97 Å². The number of rotatable bonds is 5. The molecule has 0 amide bonds. The maximum atomic E-state index is 13.1. The number of benzene rings is 1. The molecular formula is C16H14FN5O2. The van der Waals surface area contributed by atoms with Gasteiger partial charge in [0.2, 0.25) is 0 Å². The number of carboxylic acids is 1. The average molecular weight is 327 g/mol.